The van der Waals surface area contributed by atoms with E-state index in [2.05, 4.69) is 26.2 Å². The van der Waals surface area contributed by atoms with E-state index in [9.17, 15) is 4.79 Å². The second-order valence-electron chi connectivity index (χ2n) is 3.95. The minimum atomic E-state index is -0.0556. The van der Waals surface area contributed by atoms with Gasteiger partial charge in [0.25, 0.3) is 0 Å². The van der Waals surface area contributed by atoms with Crippen molar-refractivity contribution < 1.29 is 4.79 Å². The van der Waals surface area contributed by atoms with E-state index in [1.54, 1.807) is 7.05 Å². The molecule has 5 heteroatoms. The van der Waals surface area contributed by atoms with Gasteiger partial charge in [0.2, 0.25) is 5.78 Å². The third-order valence-corrected chi connectivity index (χ3v) is 3.24. The number of halogens is 1. The lowest BCUT2D eigenvalue weighted by molar-refractivity contribution is 0.102. The summed E-state index contributed by atoms with van der Waals surface area (Å²) in [4.78, 5) is 12.5. The molecule has 0 aliphatic rings. The molecule has 0 aliphatic heterocycles. The van der Waals surface area contributed by atoms with Crippen LogP contribution in [0.15, 0.2) is 22.8 Å². The van der Waals surface area contributed by atoms with Crippen LogP contribution < -0.4 is 0 Å². The van der Waals surface area contributed by atoms with Crippen molar-refractivity contribution in [2.75, 3.05) is 0 Å². The van der Waals surface area contributed by atoms with Gasteiger partial charge in [0.1, 0.15) is 5.69 Å². The first-order valence-corrected chi connectivity index (χ1v) is 5.97. The van der Waals surface area contributed by atoms with Gasteiger partial charge in [0, 0.05) is 12.6 Å². The fraction of sp³-hybridized carbons (Fsp3) is 0.250. The van der Waals surface area contributed by atoms with Gasteiger partial charge in [0.05, 0.1) is 0 Å². The van der Waals surface area contributed by atoms with E-state index in [1.807, 2.05) is 32.0 Å². The van der Waals surface area contributed by atoms with E-state index < -0.39 is 0 Å². The Labute approximate surface area is 108 Å². The summed E-state index contributed by atoms with van der Waals surface area (Å²) in [6, 6.07) is 5.80. The van der Waals surface area contributed by atoms with Crippen molar-refractivity contribution in [1.29, 1.82) is 0 Å². The van der Waals surface area contributed by atoms with Crippen LogP contribution in [0.5, 0.6) is 0 Å². The summed E-state index contributed by atoms with van der Waals surface area (Å²) >= 11 is 3.25. The maximum atomic E-state index is 12.5. The highest BCUT2D eigenvalue weighted by Gasteiger charge is 2.21. The molecule has 1 aromatic carbocycles. The number of hydrogen-bond acceptors (Lipinski definition) is 3. The molecule has 0 atom stereocenters. The Hall–Kier alpha value is -1.49. The summed E-state index contributed by atoms with van der Waals surface area (Å²) in [7, 11) is 1.71. The number of nitrogens with zero attached hydrogens (tertiary/aromatic N) is 3. The highest BCUT2D eigenvalue weighted by atomic mass is 79.9. The number of carbonyl (C=O) groups is 1. The molecule has 0 aliphatic carbocycles. The van der Waals surface area contributed by atoms with E-state index >= 15 is 0 Å². The zero-order chi connectivity index (χ0) is 12.6. The van der Waals surface area contributed by atoms with E-state index in [-0.39, 0.29) is 5.78 Å². The monoisotopic (exact) mass is 293 g/mol. The van der Waals surface area contributed by atoms with E-state index in [4.69, 9.17) is 0 Å². The lowest BCUT2D eigenvalue weighted by atomic mass is 9.98. The minimum Gasteiger partial charge on any atom is -0.287 e. The fourth-order valence-electron chi connectivity index (χ4n) is 1.86. The van der Waals surface area contributed by atoms with Gasteiger partial charge in [-0.05, 0) is 40.9 Å². The number of rotatable bonds is 2. The van der Waals surface area contributed by atoms with Crippen LogP contribution in [0.4, 0.5) is 0 Å². The Kier molecular flexibility index (Phi) is 3.11. The van der Waals surface area contributed by atoms with Crippen molar-refractivity contribution in [2.24, 2.45) is 7.05 Å². The molecule has 0 amide bonds. The third-order valence-electron chi connectivity index (χ3n) is 2.71. The molecule has 0 bridgehead atoms. The van der Waals surface area contributed by atoms with Crippen molar-refractivity contribution in [3.8, 4) is 0 Å². The highest BCUT2D eigenvalue weighted by molar-refractivity contribution is 9.10. The predicted molar refractivity (Wildman–Crippen MR) is 68.1 cm³/mol. The van der Waals surface area contributed by atoms with Crippen LogP contribution in [0, 0.1) is 13.8 Å². The van der Waals surface area contributed by atoms with E-state index in [0.29, 0.717) is 10.3 Å². The second-order valence-corrected chi connectivity index (χ2v) is 4.70. The minimum absolute atomic E-state index is 0.0556. The van der Waals surface area contributed by atoms with Crippen LogP contribution in [0.25, 0.3) is 0 Å². The predicted octanol–water partition coefficient (Wildman–Crippen LogP) is 2.43. The highest BCUT2D eigenvalue weighted by Crippen LogP contribution is 2.21. The Morgan fingerprint density at radius 3 is 2.35 bits per heavy atom. The van der Waals surface area contributed by atoms with Gasteiger partial charge in [-0.2, -0.15) is 0 Å². The van der Waals surface area contributed by atoms with Gasteiger partial charge < -0.3 is 0 Å². The quantitative estimate of drug-likeness (QED) is 0.799. The molecular formula is C12H12BrN3O. The molecule has 1 aromatic heterocycles. The van der Waals surface area contributed by atoms with E-state index in [0.717, 1.165) is 16.7 Å². The Balaban J connectivity index is 2.59. The van der Waals surface area contributed by atoms with E-state index in [1.165, 1.54) is 4.68 Å². The van der Waals surface area contributed by atoms with Crippen LogP contribution in [-0.4, -0.2) is 20.8 Å². The summed E-state index contributed by atoms with van der Waals surface area (Å²) in [5.74, 6) is -0.0556. The van der Waals surface area contributed by atoms with Crippen molar-refractivity contribution in [2.45, 2.75) is 13.8 Å². The molecule has 1 heterocycles. The molecule has 0 spiro atoms. The van der Waals surface area contributed by atoms with Crippen molar-refractivity contribution in [3.05, 3.63) is 45.2 Å². The van der Waals surface area contributed by atoms with Crippen LogP contribution in [0.1, 0.15) is 27.2 Å². The second kappa shape index (κ2) is 4.41. The standard InChI is InChI=1S/C12H12BrN3O/c1-7-5-4-6-8(2)9(7)11(17)10-12(13)14-15-16(10)3/h4-6H,1-3H3. The molecule has 0 N–H and O–H groups in total. The molecule has 17 heavy (non-hydrogen) atoms. The smallest absolute Gasteiger partial charge is 0.214 e. The van der Waals surface area contributed by atoms with Crippen molar-refractivity contribution in [3.63, 3.8) is 0 Å². The van der Waals surface area contributed by atoms with Crippen molar-refractivity contribution in [1.82, 2.24) is 15.0 Å². The molecule has 88 valence electrons. The summed E-state index contributed by atoms with van der Waals surface area (Å²) in [6.07, 6.45) is 0. The van der Waals surface area contributed by atoms with Gasteiger partial charge in [-0.15, -0.1) is 5.10 Å². The lowest BCUT2D eigenvalue weighted by Gasteiger charge is -2.08. The first kappa shape index (κ1) is 12.0. The average molecular weight is 294 g/mol. The number of carbonyl (C=O) groups excluding carboxylic acids is 1. The lowest BCUT2D eigenvalue weighted by Crippen LogP contribution is -2.11. The summed E-state index contributed by atoms with van der Waals surface area (Å²) < 4.78 is 1.96. The number of benzene rings is 1. The Bertz CT molecular complexity index is 550. The summed E-state index contributed by atoms with van der Waals surface area (Å²) in [5, 5.41) is 7.65. The Morgan fingerprint density at radius 1 is 1.29 bits per heavy atom. The number of aryl methyl sites for hydroxylation is 3. The van der Waals surface area contributed by atoms with Crippen LogP contribution in [0.3, 0.4) is 0 Å². The molecule has 0 unspecified atom stereocenters. The third kappa shape index (κ3) is 2.02. The maximum Gasteiger partial charge on any atom is 0.214 e. The normalized spacial score (nSPS) is 10.6. The van der Waals surface area contributed by atoms with Crippen LogP contribution >= 0.6 is 15.9 Å². The molecule has 0 fully saturated rings. The Morgan fingerprint density at radius 2 is 1.88 bits per heavy atom. The van der Waals surface area contributed by atoms with Crippen molar-refractivity contribution >= 4 is 21.7 Å². The number of aromatic nitrogens is 3. The van der Waals surface area contributed by atoms with Crippen LogP contribution in [0.2, 0.25) is 0 Å². The van der Waals surface area contributed by atoms with Gasteiger partial charge in [-0.3, -0.25) is 4.79 Å². The molecular weight excluding hydrogens is 282 g/mol. The summed E-state index contributed by atoms with van der Waals surface area (Å²) in [6.45, 7) is 3.86. The number of hydrogen-bond donors (Lipinski definition) is 0. The molecule has 2 rings (SSSR count). The average Bonchev–Trinajstić information content (AvgIpc) is 2.58. The van der Waals surface area contributed by atoms with Gasteiger partial charge in [-0.1, -0.05) is 23.4 Å². The SMILES string of the molecule is Cc1cccc(C)c1C(=O)c1c(Br)nnn1C. The zero-order valence-electron chi connectivity index (χ0n) is 9.86. The largest absolute Gasteiger partial charge is 0.287 e. The topological polar surface area (TPSA) is 47.8 Å². The molecule has 0 saturated carbocycles. The fourth-order valence-corrected chi connectivity index (χ4v) is 2.37. The zero-order valence-corrected chi connectivity index (χ0v) is 11.4. The number of ketones is 1. The molecule has 4 nitrogen and oxygen atoms in total. The van der Waals surface area contributed by atoms with Crippen LogP contribution in [-0.2, 0) is 7.05 Å². The molecule has 0 saturated heterocycles. The van der Waals surface area contributed by atoms with Gasteiger partial charge >= 0.3 is 0 Å². The maximum absolute atomic E-state index is 12.5. The van der Waals surface area contributed by atoms with Gasteiger partial charge in [0.15, 0.2) is 4.60 Å². The first-order chi connectivity index (χ1) is 8.02. The molecule has 2 aromatic rings. The summed E-state index contributed by atoms with van der Waals surface area (Å²) in [5.41, 5.74) is 3.12. The van der Waals surface area contributed by atoms with Gasteiger partial charge in [-0.25, -0.2) is 4.68 Å². The molecule has 0 radical (unpaired) electrons. The first-order valence-electron chi connectivity index (χ1n) is 5.18.